The first kappa shape index (κ1) is 23.0. The van der Waals surface area contributed by atoms with Crippen LogP contribution in [0.4, 0.5) is 19.1 Å². The molecule has 0 fully saturated rings. The molecule has 0 bridgehead atoms. The van der Waals surface area contributed by atoms with Crippen LogP contribution in [0.5, 0.6) is 0 Å². The van der Waals surface area contributed by atoms with E-state index in [-0.39, 0.29) is 0 Å². The van der Waals surface area contributed by atoms with Crippen LogP contribution in [0.3, 0.4) is 0 Å². The number of unbranched alkanes of at least 4 members (excludes halogenated alkanes) is 1. The summed E-state index contributed by atoms with van der Waals surface area (Å²) >= 11 is 0. The van der Waals surface area contributed by atoms with Crippen molar-refractivity contribution in [1.82, 2.24) is 14.9 Å². The Labute approximate surface area is 200 Å². The molecular weight excluding hydrogens is 453 g/mol. The van der Waals surface area contributed by atoms with Crippen molar-refractivity contribution >= 4 is 22.9 Å². The molecule has 1 aliphatic rings. The third-order valence-corrected chi connectivity index (χ3v) is 6.52. The molecule has 8 heteroatoms. The van der Waals surface area contributed by atoms with Gasteiger partial charge in [0.15, 0.2) is 0 Å². The third-order valence-electron chi connectivity index (χ3n) is 6.52. The lowest BCUT2D eigenvalue weighted by molar-refractivity contribution is -0.138. The van der Waals surface area contributed by atoms with Gasteiger partial charge in [0.2, 0.25) is 11.9 Å². The second-order valence-corrected chi connectivity index (χ2v) is 8.78. The number of alkyl halides is 3. The highest BCUT2D eigenvalue weighted by Gasteiger charge is 2.38. The number of imidazole rings is 1. The summed E-state index contributed by atoms with van der Waals surface area (Å²) in [5, 5.41) is 2.12. The molecule has 1 aliphatic carbocycles. The fourth-order valence-corrected chi connectivity index (χ4v) is 5.05. The van der Waals surface area contributed by atoms with Crippen molar-refractivity contribution in [3.63, 3.8) is 0 Å². The first-order valence-corrected chi connectivity index (χ1v) is 11.6. The number of fused-ring (bicyclic) bond motifs is 4. The van der Waals surface area contributed by atoms with Crippen LogP contribution in [0.1, 0.15) is 42.4 Å². The van der Waals surface area contributed by atoms with E-state index in [4.69, 9.17) is 5.73 Å². The second kappa shape index (κ2) is 8.76. The fraction of sp³-hybridized carbons (Fsp3) is 0.259. The Kier molecular flexibility index (Phi) is 5.75. The molecule has 3 aromatic carbocycles. The summed E-state index contributed by atoms with van der Waals surface area (Å²) < 4.78 is 40.7. The van der Waals surface area contributed by atoms with Crippen LogP contribution in [0.15, 0.2) is 60.7 Å². The van der Waals surface area contributed by atoms with Crippen LogP contribution >= 0.6 is 0 Å². The molecule has 0 aliphatic heterocycles. The number of nitrogens with one attached hydrogen (secondary N) is 1. The lowest BCUT2D eigenvalue weighted by atomic mass is 9.88. The van der Waals surface area contributed by atoms with Crippen LogP contribution < -0.4 is 11.1 Å². The van der Waals surface area contributed by atoms with Gasteiger partial charge in [-0.05, 0) is 58.9 Å². The summed E-state index contributed by atoms with van der Waals surface area (Å²) in [6, 6.07) is 18.9. The maximum Gasteiger partial charge on any atom is 0.405 e. The number of nitrogen functional groups attached to an aromatic ring is 1. The van der Waals surface area contributed by atoms with Crippen LogP contribution in [0.2, 0.25) is 0 Å². The molecule has 180 valence electrons. The van der Waals surface area contributed by atoms with Crippen molar-refractivity contribution in [3.8, 4) is 16.8 Å². The Morgan fingerprint density at radius 3 is 2.57 bits per heavy atom. The Balaban J connectivity index is 1.73. The Morgan fingerprint density at radius 1 is 1.06 bits per heavy atom. The average Bonchev–Trinajstić information content (AvgIpc) is 3.35. The van der Waals surface area contributed by atoms with Crippen molar-refractivity contribution < 1.29 is 18.0 Å². The molecule has 0 spiro atoms. The zero-order valence-electron chi connectivity index (χ0n) is 19.2. The number of anilines is 1. The number of rotatable bonds is 6. The number of carbonyl (C=O) groups is 1. The van der Waals surface area contributed by atoms with Gasteiger partial charge >= 0.3 is 6.18 Å². The number of hydrogen-bond acceptors (Lipinski definition) is 3. The Morgan fingerprint density at radius 2 is 1.80 bits per heavy atom. The molecular formula is C27H25F3N4O. The zero-order chi connectivity index (χ0) is 24.7. The first-order chi connectivity index (χ1) is 16.8. The van der Waals surface area contributed by atoms with E-state index >= 15 is 0 Å². The van der Waals surface area contributed by atoms with Crippen molar-refractivity contribution in [1.29, 1.82) is 0 Å². The minimum absolute atomic E-state index is 0.317. The van der Waals surface area contributed by atoms with Gasteiger partial charge in [0.05, 0.1) is 22.6 Å². The van der Waals surface area contributed by atoms with Gasteiger partial charge in [-0.2, -0.15) is 13.2 Å². The van der Waals surface area contributed by atoms with Crippen LogP contribution in [-0.2, 0) is 11.2 Å². The van der Waals surface area contributed by atoms with E-state index in [1.807, 2.05) is 65.2 Å². The Bertz CT molecular complexity index is 1420. The molecule has 1 atom stereocenters. The number of nitrogens with two attached hydrogens (primary N) is 1. The number of carbonyl (C=O) groups excluding carboxylic acids is 1. The summed E-state index contributed by atoms with van der Waals surface area (Å²) in [5.41, 5.74) is 12.8. The van der Waals surface area contributed by atoms with E-state index in [9.17, 15) is 18.0 Å². The molecule has 35 heavy (non-hydrogen) atoms. The maximum absolute atomic E-state index is 13.3. The summed E-state index contributed by atoms with van der Waals surface area (Å²) in [6.45, 7) is 0.703. The number of para-hydroxylation sites is 2. The van der Waals surface area contributed by atoms with E-state index in [0.29, 0.717) is 17.9 Å². The van der Waals surface area contributed by atoms with Gasteiger partial charge in [0, 0.05) is 0 Å². The molecule has 4 aromatic rings. The van der Waals surface area contributed by atoms with Gasteiger partial charge in [0.1, 0.15) is 6.54 Å². The molecule has 1 aromatic heterocycles. The maximum atomic E-state index is 13.3. The number of amides is 1. The first-order valence-electron chi connectivity index (χ1n) is 11.6. The number of aromatic nitrogens is 2. The molecule has 1 amide bonds. The minimum Gasteiger partial charge on any atom is -0.369 e. The molecule has 0 saturated carbocycles. The monoisotopic (exact) mass is 478 g/mol. The highest BCUT2D eigenvalue weighted by molar-refractivity contribution is 5.98. The molecule has 3 N–H and O–H groups in total. The van der Waals surface area contributed by atoms with Crippen LogP contribution in [0.25, 0.3) is 27.8 Å². The Hall–Kier alpha value is -3.81. The molecule has 5 nitrogen and oxygen atoms in total. The van der Waals surface area contributed by atoms with Gasteiger partial charge in [0.25, 0.3) is 0 Å². The highest BCUT2D eigenvalue weighted by atomic mass is 19.4. The SMILES string of the molecule is CCCCc1c(-n2c(N)nc3ccccc32)ccc2c1C(C(=O)NCC(F)(F)F)c1ccccc1-2. The lowest BCUT2D eigenvalue weighted by Gasteiger charge is -2.21. The smallest absolute Gasteiger partial charge is 0.369 e. The van der Waals surface area contributed by atoms with Gasteiger partial charge in [-0.3, -0.25) is 9.36 Å². The lowest BCUT2D eigenvalue weighted by Crippen LogP contribution is -2.37. The van der Waals surface area contributed by atoms with E-state index in [1.165, 1.54) is 0 Å². The van der Waals surface area contributed by atoms with Crippen LogP contribution in [-0.4, -0.2) is 28.2 Å². The van der Waals surface area contributed by atoms with E-state index < -0.39 is 24.5 Å². The largest absolute Gasteiger partial charge is 0.405 e. The molecule has 0 radical (unpaired) electrons. The predicted octanol–water partition coefficient (Wildman–Crippen LogP) is 5.74. The zero-order valence-corrected chi connectivity index (χ0v) is 19.2. The number of nitrogens with zero attached hydrogens (tertiary/aromatic N) is 2. The van der Waals surface area contributed by atoms with E-state index in [0.717, 1.165) is 51.8 Å². The quantitative estimate of drug-likeness (QED) is 0.371. The van der Waals surface area contributed by atoms with E-state index in [1.54, 1.807) is 0 Å². The summed E-state index contributed by atoms with van der Waals surface area (Å²) in [5.74, 6) is -1.18. The number of hydrogen-bond donors (Lipinski definition) is 2. The van der Waals surface area contributed by atoms with Gasteiger partial charge < -0.3 is 11.1 Å². The second-order valence-electron chi connectivity index (χ2n) is 8.78. The molecule has 1 heterocycles. The summed E-state index contributed by atoms with van der Waals surface area (Å²) in [4.78, 5) is 17.8. The predicted molar refractivity (Wildman–Crippen MR) is 130 cm³/mol. The van der Waals surface area contributed by atoms with Gasteiger partial charge in [-0.15, -0.1) is 0 Å². The summed E-state index contributed by atoms with van der Waals surface area (Å²) in [6.07, 6.45) is -2.07. The topological polar surface area (TPSA) is 72.9 Å². The number of halogens is 3. The molecule has 5 rings (SSSR count). The van der Waals surface area contributed by atoms with E-state index in [2.05, 4.69) is 17.2 Å². The fourth-order valence-electron chi connectivity index (χ4n) is 5.05. The van der Waals surface area contributed by atoms with Gasteiger partial charge in [-0.1, -0.05) is 55.8 Å². The van der Waals surface area contributed by atoms with Crippen LogP contribution in [0, 0.1) is 0 Å². The highest BCUT2D eigenvalue weighted by Crippen LogP contribution is 2.48. The molecule has 0 saturated heterocycles. The van der Waals surface area contributed by atoms with Crippen molar-refractivity contribution in [2.45, 2.75) is 38.3 Å². The van der Waals surface area contributed by atoms with Crippen molar-refractivity contribution in [2.24, 2.45) is 0 Å². The number of benzene rings is 3. The molecule has 1 unspecified atom stereocenters. The third kappa shape index (κ3) is 4.03. The van der Waals surface area contributed by atoms with Gasteiger partial charge in [-0.25, -0.2) is 4.98 Å². The normalized spacial score (nSPS) is 14.7. The summed E-state index contributed by atoms with van der Waals surface area (Å²) in [7, 11) is 0. The van der Waals surface area contributed by atoms with Crippen molar-refractivity contribution in [3.05, 3.63) is 77.4 Å². The minimum atomic E-state index is -4.49. The van der Waals surface area contributed by atoms with Crippen molar-refractivity contribution in [2.75, 3.05) is 12.3 Å². The average molecular weight is 479 g/mol. The standard InChI is InChI=1S/C27H25F3N4O/c1-2-3-8-19-21(34-22-12-7-6-11-20(22)33-26(34)31)14-13-18-16-9-4-5-10-17(16)24(23(18)19)25(35)32-15-27(28,29)30/h4-7,9-14,24H,2-3,8,15H2,1H3,(H2,31,33)(H,32,35).